The monoisotopic (exact) mass is 273 g/mol. The minimum atomic E-state index is 0.326. The summed E-state index contributed by atoms with van der Waals surface area (Å²) in [6, 6.07) is 11.6. The normalized spacial score (nSPS) is 12.6. The Morgan fingerprint density at radius 2 is 2.05 bits per heavy atom. The minimum Gasteiger partial charge on any atom is -0.309 e. The van der Waals surface area contributed by atoms with Gasteiger partial charge in [0.15, 0.2) is 0 Å². The number of benzene rings is 1. The third-order valence-electron chi connectivity index (χ3n) is 3.54. The Balaban J connectivity index is 2.34. The van der Waals surface area contributed by atoms with Crippen molar-refractivity contribution < 1.29 is 0 Å². The molecule has 19 heavy (non-hydrogen) atoms. The highest BCUT2D eigenvalue weighted by molar-refractivity contribution is 7.10. The van der Waals surface area contributed by atoms with Crippen LogP contribution in [-0.2, 0) is 12.8 Å². The molecule has 1 nitrogen and oxygen atoms in total. The number of nitrogens with one attached hydrogen (secondary N) is 1. The Hall–Kier alpha value is -1.12. The predicted octanol–water partition coefficient (Wildman–Crippen LogP) is 4.57. The summed E-state index contributed by atoms with van der Waals surface area (Å²) in [6.07, 6.45) is 3.47. The molecule has 1 aromatic carbocycles. The largest absolute Gasteiger partial charge is 0.309 e. The number of hydrogen-bond donors (Lipinski definition) is 1. The van der Waals surface area contributed by atoms with E-state index in [1.54, 1.807) is 0 Å². The summed E-state index contributed by atoms with van der Waals surface area (Å²) in [4.78, 5) is 1.46. The van der Waals surface area contributed by atoms with E-state index >= 15 is 0 Å². The molecule has 0 aliphatic carbocycles. The zero-order valence-corrected chi connectivity index (χ0v) is 12.9. The first-order valence-corrected chi connectivity index (χ1v) is 8.00. The Bertz CT molecular complexity index is 515. The minimum absolute atomic E-state index is 0.326. The summed E-state index contributed by atoms with van der Waals surface area (Å²) < 4.78 is 0. The average molecular weight is 273 g/mol. The van der Waals surface area contributed by atoms with Gasteiger partial charge in [-0.2, -0.15) is 0 Å². The molecule has 1 unspecified atom stereocenters. The molecular formula is C17H23NS. The topological polar surface area (TPSA) is 12.0 Å². The van der Waals surface area contributed by atoms with Crippen LogP contribution in [0, 0.1) is 0 Å². The van der Waals surface area contributed by atoms with Crippen LogP contribution in [0.5, 0.6) is 0 Å². The summed E-state index contributed by atoms with van der Waals surface area (Å²) in [5.41, 5.74) is 4.28. The van der Waals surface area contributed by atoms with Crippen molar-refractivity contribution in [2.75, 3.05) is 7.05 Å². The Labute approximate surface area is 120 Å². The van der Waals surface area contributed by atoms with E-state index in [2.05, 4.69) is 61.9 Å². The van der Waals surface area contributed by atoms with E-state index in [4.69, 9.17) is 0 Å². The van der Waals surface area contributed by atoms with Crippen molar-refractivity contribution in [2.45, 2.75) is 39.2 Å². The van der Waals surface area contributed by atoms with Crippen LogP contribution >= 0.6 is 11.3 Å². The molecule has 0 bridgehead atoms. The van der Waals surface area contributed by atoms with Gasteiger partial charge in [0.25, 0.3) is 0 Å². The van der Waals surface area contributed by atoms with E-state index in [9.17, 15) is 0 Å². The fraction of sp³-hybridized carbons (Fsp3) is 0.412. The van der Waals surface area contributed by atoms with Crippen molar-refractivity contribution in [3.8, 4) is 0 Å². The smallest absolute Gasteiger partial charge is 0.0671 e. The predicted molar refractivity (Wildman–Crippen MR) is 85.0 cm³/mol. The van der Waals surface area contributed by atoms with Gasteiger partial charge in [0.1, 0.15) is 0 Å². The average Bonchev–Trinajstić information content (AvgIpc) is 2.89. The van der Waals surface area contributed by atoms with Gasteiger partial charge >= 0.3 is 0 Å². The second kappa shape index (κ2) is 6.88. The molecule has 1 aromatic heterocycles. The maximum Gasteiger partial charge on any atom is 0.0671 e. The van der Waals surface area contributed by atoms with Crippen molar-refractivity contribution in [1.29, 1.82) is 0 Å². The first kappa shape index (κ1) is 14.3. The van der Waals surface area contributed by atoms with Gasteiger partial charge in [-0.15, -0.1) is 11.3 Å². The molecule has 2 heteroatoms. The van der Waals surface area contributed by atoms with E-state index in [-0.39, 0.29) is 0 Å². The van der Waals surface area contributed by atoms with Crippen LogP contribution in [0.3, 0.4) is 0 Å². The SMILES string of the molecule is CCCc1cccc(C(NC)c2sccc2CC)c1. The van der Waals surface area contributed by atoms with Gasteiger partial charge in [0.2, 0.25) is 0 Å². The molecule has 2 rings (SSSR count). The quantitative estimate of drug-likeness (QED) is 0.813. The molecule has 0 fully saturated rings. The van der Waals surface area contributed by atoms with Gasteiger partial charge in [0, 0.05) is 4.88 Å². The molecule has 0 aliphatic rings. The highest BCUT2D eigenvalue weighted by atomic mass is 32.1. The maximum absolute atomic E-state index is 3.48. The maximum atomic E-state index is 3.48. The molecule has 0 saturated carbocycles. The van der Waals surface area contributed by atoms with Crippen molar-refractivity contribution >= 4 is 11.3 Å². The van der Waals surface area contributed by atoms with Crippen LogP contribution in [0.1, 0.15) is 47.9 Å². The standard InChI is InChI=1S/C17H23NS/c1-4-7-13-8-6-9-15(12-13)16(18-3)17-14(5-2)10-11-19-17/h6,8-12,16,18H,4-5,7H2,1-3H3. The van der Waals surface area contributed by atoms with Gasteiger partial charge in [-0.25, -0.2) is 0 Å². The highest BCUT2D eigenvalue weighted by Gasteiger charge is 2.16. The van der Waals surface area contributed by atoms with Gasteiger partial charge in [-0.3, -0.25) is 0 Å². The molecule has 0 aliphatic heterocycles. The lowest BCUT2D eigenvalue weighted by Crippen LogP contribution is -2.17. The van der Waals surface area contributed by atoms with Gasteiger partial charge < -0.3 is 5.32 Å². The molecule has 2 aromatic rings. The highest BCUT2D eigenvalue weighted by Crippen LogP contribution is 2.30. The van der Waals surface area contributed by atoms with Crippen LogP contribution in [0.2, 0.25) is 0 Å². The van der Waals surface area contributed by atoms with Crippen LogP contribution < -0.4 is 5.32 Å². The summed E-state index contributed by atoms with van der Waals surface area (Å²) in [7, 11) is 2.05. The van der Waals surface area contributed by atoms with Crippen LogP contribution in [0.15, 0.2) is 35.7 Å². The van der Waals surface area contributed by atoms with Crippen molar-refractivity contribution in [3.05, 3.63) is 57.3 Å². The Morgan fingerprint density at radius 3 is 2.74 bits per heavy atom. The van der Waals surface area contributed by atoms with E-state index in [0.717, 1.165) is 12.8 Å². The molecule has 0 spiro atoms. The first-order chi connectivity index (χ1) is 9.30. The Kier molecular flexibility index (Phi) is 5.17. The van der Waals surface area contributed by atoms with Crippen molar-refractivity contribution in [1.82, 2.24) is 5.32 Å². The van der Waals surface area contributed by atoms with E-state index < -0.39 is 0 Å². The summed E-state index contributed by atoms with van der Waals surface area (Å²) in [5.74, 6) is 0. The lowest BCUT2D eigenvalue weighted by Gasteiger charge is -2.18. The molecule has 102 valence electrons. The second-order valence-electron chi connectivity index (χ2n) is 4.88. The van der Waals surface area contributed by atoms with Crippen LogP contribution in [0.25, 0.3) is 0 Å². The van der Waals surface area contributed by atoms with Gasteiger partial charge in [-0.05, 0) is 48.0 Å². The molecule has 1 heterocycles. The fourth-order valence-corrected chi connectivity index (χ4v) is 3.69. The van der Waals surface area contributed by atoms with Crippen LogP contribution in [-0.4, -0.2) is 7.05 Å². The first-order valence-electron chi connectivity index (χ1n) is 7.12. The number of rotatable bonds is 6. The number of aryl methyl sites for hydroxylation is 2. The van der Waals surface area contributed by atoms with Crippen molar-refractivity contribution in [2.24, 2.45) is 0 Å². The van der Waals surface area contributed by atoms with Crippen molar-refractivity contribution in [3.63, 3.8) is 0 Å². The summed E-state index contributed by atoms with van der Waals surface area (Å²) >= 11 is 1.86. The van der Waals surface area contributed by atoms with E-state index in [0.29, 0.717) is 6.04 Å². The second-order valence-corrected chi connectivity index (χ2v) is 5.83. The lowest BCUT2D eigenvalue weighted by molar-refractivity contribution is 0.695. The molecule has 0 saturated heterocycles. The molecular weight excluding hydrogens is 250 g/mol. The molecule has 1 N–H and O–H groups in total. The lowest BCUT2D eigenvalue weighted by atomic mass is 9.98. The molecule has 0 radical (unpaired) electrons. The summed E-state index contributed by atoms with van der Waals surface area (Å²) in [6.45, 7) is 4.46. The molecule has 1 atom stereocenters. The zero-order chi connectivity index (χ0) is 13.7. The Morgan fingerprint density at radius 1 is 1.21 bits per heavy atom. The van der Waals surface area contributed by atoms with Gasteiger partial charge in [-0.1, -0.05) is 44.5 Å². The summed E-state index contributed by atoms with van der Waals surface area (Å²) in [5, 5.41) is 5.68. The van der Waals surface area contributed by atoms with E-state index in [1.807, 2.05) is 11.3 Å². The van der Waals surface area contributed by atoms with Gasteiger partial charge in [0.05, 0.1) is 6.04 Å². The van der Waals surface area contributed by atoms with E-state index in [1.165, 1.54) is 28.0 Å². The fourth-order valence-electron chi connectivity index (χ4n) is 2.56. The number of thiophene rings is 1. The third kappa shape index (κ3) is 3.26. The number of hydrogen-bond acceptors (Lipinski definition) is 2. The third-order valence-corrected chi connectivity index (χ3v) is 4.56. The zero-order valence-electron chi connectivity index (χ0n) is 12.1. The molecule has 0 amide bonds. The van der Waals surface area contributed by atoms with Crippen LogP contribution in [0.4, 0.5) is 0 Å².